The summed E-state index contributed by atoms with van der Waals surface area (Å²) in [6.07, 6.45) is 0. The Hall–Kier alpha value is -5.34. The van der Waals surface area contributed by atoms with Crippen LogP contribution >= 0.6 is 0 Å². The van der Waals surface area contributed by atoms with Crippen molar-refractivity contribution in [3.8, 4) is 34.4 Å². The van der Waals surface area contributed by atoms with Crippen molar-refractivity contribution in [2.45, 2.75) is 27.7 Å². The summed E-state index contributed by atoms with van der Waals surface area (Å²) in [4.78, 5) is 30.0. The number of rotatable bonds is 8. The van der Waals surface area contributed by atoms with Gasteiger partial charge in [-0.25, -0.2) is 9.59 Å². The van der Waals surface area contributed by atoms with Gasteiger partial charge in [-0.15, -0.1) is 0 Å². The molecule has 5 rings (SSSR count). The molecule has 0 aliphatic carbocycles. The fourth-order valence-corrected chi connectivity index (χ4v) is 5.56. The van der Waals surface area contributed by atoms with Crippen molar-refractivity contribution in [2.24, 2.45) is 0 Å². The molecule has 0 fully saturated rings. The van der Waals surface area contributed by atoms with Gasteiger partial charge >= 0.3 is 11.3 Å². The molecule has 0 N–H and O–H groups in total. The quantitative estimate of drug-likeness (QED) is 0.194. The second kappa shape index (κ2) is 11.6. The standard InChI is InChI=1S/C34H30N4O4/c1-5-37(6-2)23-13-15-25-29(17-23)41-33(39)27(19-35)31(25)21-9-11-22(12-10-21)32-26-16-14-24(38(7-3)8-4)18-30(26)42-34(40)28(32)20-36/h9-18H,5-8H2,1-4H3. The van der Waals surface area contributed by atoms with Crippen molar-refractivity contribution in [1.29, 1.82) is 10.5 Å². The number of benzene rings is 3. The first kappa shape index (κ1) is 28.2. The molecule has 0 aliphatic heterocycles. The Labute approximate surface area is 243 Å². The van der Waals surface area contributed by atoms with Crippen LogP contribution < -0.4 is 21.1 Å². The Morgan fingerprint density at radius 2 is 0.952 bits per heavy atom. The number of hydrogen-bond acceptors (Lipinski definition) is 8. The molecule has 3 aromatic carbocycles. The molecule has 0 radical (unpaired) electrons. The molecule has 5 aromatic rings. The molecule has 42 heavy (non-hydrogen) atoms. The number of anilines is 2. The van der Waals surface area contributed by atoms with Crippen LogP contribution in [-0.4, -0.2) is 26.2 Å². The van der Waals surface area contributed by atoms with Crippen LogP contribution in [0.3, 0.4) is 0 Å². The molecule has 0 aliphatic rings. The third-order valence-corrected chi connectivity index (χ3v) is 7.73. The minimum atomic E-state index is -0.705. The monoisotopic (exact) mass is 558 g/mol. The second-order valence-corrected chi connectivity index (χ2v) is 9.79. The molecule has 8 heteroatoms. The van der Waals surface area contributed by atoms with Crippen molar-refractivity contribution >= 4 is 33.3 Å². The van der Waals surface area contributed by atoms with E-state index in [1.165, 1.54) is 0 Å². The average Bonchev–Trinajstić information content (AvgIpc) is 3.01. The highest BCUT2D eigenvalue weighted by Gasteiger charge is 2.20. The lowest BCUT2D eigenvalue weighted by Crippen LogP contribution is -2.21. The van der Waals surface area contributed by atoms with Crippen molar-refractivity contribution < 1.29 is 8.83 Å². The maximum Gasteiger partial charge on any atom is 0.354 e. The minimum absolute atomic E-state index is 0.0849. The topological polar surface area (TPSA) is 114 Å². The van der Waals surface area contributed by atoms with Crippen LogP contribution in [0.15, 0.2) is 79.1 Å². The normalized spacial score (nSPS) is 10.9. The molecule has 0 amide bonds. The van der Waals surface area contributed by atoms with E-state index in [1.54, 1.807) is 24.3 Å². The molecule has 210 valence electrons. The van der Waals surface area contributed by atoms with Gasteiger partial charge in [-0.05, 0) is 63.1 Å². The summed E-state index contributed by atoms with van der Waals surface area (Å²) < 4.78 is 11.1. The maximum absolute atomic E-state index is 12.9. The van der Waals surface area contributed by atoms with E-state index in [0.717, 1.165) is 37.6 Å². The first-order valence-electron chi connectivity index (χ1n) is 14.0. The van der Waals surface area contributed by atoms with E-state index in [1.807, 2.05) is 48.5 Å². The second-order valence-electron chi connectivity index (χ2n) is 9.79. The molecule has 2 heterocycles. The van der Waals surface area contributed by atoms with E-state index >= 15 is 0 Å². The number of nitrogens with zero attached hydrogens (tertiary/aromatic N) is 4. The van der Waals surface area contributed by atoms with E-state index < -0.39 is 11.3 Å². The predicted molar refractivity (Wildman–Crippen MR) is 166 cm³/mol. The zero-order valence-corrected chi connectivity index (χ0v) is 24.0. The molecule has 2 aromatic heterocycles. The highest BCUT2D eigenvalue weighted by atomic mass is 16.4. The van der Waals surface area contributed by atoms with Gasteiger partial charge in [0, 0.05) is 71.6 Å². The van der Waals surface area contributed by atoms with Crippen LogP contribution in [0.5, 0.6) is 0 Å². The van der Waals surface area contributed by atoms with Crippen LogP contribution in [0.1, 0.15) is 38.8 Å². The highest BCUT2D eigenvalue weighted by molar-refractivity contribution is 6.00. The Balaban J connectivity index is 1.68. The maximum atomic E-state index is 12.9. The Bertz CT molecular complexity index is 1860. The molecular formula is C34H30N4O4. The van der Waals surface area contributed by atoms with E-state index in [4.69, 9.17) is 8.83 Å². The minimum Gasteiger partial charge on any atom is -0.422 e. The van der Waals surface area contributed by atoms with Gasteiger partial charge in [0.1, 0.15) is 34.4 Å². The Morgan fingerprint density at radius 3 is 1.26 bits per heavy atom. The number of fused-ring (bicyclic) bond motifs is 2. The summed E-state index contributed by atoms with van der Waals surface area (Å²) in [5.41, 5.74) is 3.27. The molecule has 0 saturated carbocycles. The van der Waals surface area contributed by atoms with Crippen LogP contribution in [0.25, 0.3) is 44.2 Å². The Morgan fingerprint density at radius 1 is 0.595 bits per heavy atom. The van der Waals surface area contributed by atoms with Gasteiger partial charge < -0.3 is 18.6 Å². The van der Waals surface area contributed by atoms with Gasteiger partial charge in [-0.3, -0.25) is 0 Å². The molecule has 0 saturated heterocycles. The first-order valence-corrected chi connectivity index (χ1v) is 14.0. The lowest BCUT2D eigenvalue weighted by Gasteiger charge is -2.21. The molecular weight excluding hydrogens is 528 g/mol. The predicted octanol–water partition coefficient (Wildman–Crippen LogP) is 6.67. The van der Waals surface area contributed by atoms with Gasteiger partial charge in [0.25, 0.3) is 0 Å². The van der Waals surface area contributed by atoms with Crippen LogP contribution in [0.2, 0.25) is 0 Å². The zero-order valence-electron chi connectivity index (χ0n) is 24.0. The fourth-order valence-electron chi connectivity index (χ4n) is 5.56. The largest absolute Gasteiger partial charge is 0.422 e. The van der Waals surface area contributed by atoms with E-state index in [-0.39, 0.29) is 11.1 Å². The third kappa shape index (κ3) is 4.78. The van der Waals surface area contributed by atoms with Crippen LogP contribution in [-0.2, 0) is 0 Å². The van der Waals surface area contributed by atoms with Crippen molar-refractivity contribution in [3.63, 3.8) is 0 Å². The lowest BCUT2D eigenvalue weighted by atomic mass is 9.93. The molecule has 8 nitrogen and oxygen atoms in total. The summed E-state index contributed by atoms with van der Waals surface area (Å²) >= 11 is 0. The molecule has 0 bridgehead atoms. The number of hydrogen-bond donors (Lipinski definition) is 0. The van der Waals surface area contributed by atoms with Crippen LogP contribution in [0, 0.1) is 22.7 Å². The zero-order chi connectivity index (χ0) is 30.0. The summed E-state index contributed by atoms with van der Waals surface area (Å²) in [6.45, 7) is 11.4. The van der Waals surface area contributed by atoms with Gasteiger partial charge in [0.2, 0.25) is 0 Å². The molecule has 0 atom stereocenters. The van der Waals surface area contributed by atoms with E-state index in [9.17, 15) is 20.1 Å². The van der Waals surface area contributed by atoms with E-state index in [0.29, 0.717) is 44.2 Å². The van der Waals surface area contributed by atoms with Gasteiger partial charge in [0.05, 0.1) is 0 Å². The first-order chi connectivity index (χ1) is 20.4. The summed E-state index contributed by atoms with van der Waals surface area (Å²) in [5, 5.41) is 21.0. The lowest BCUT2D eigenvalue weighted by molar-refractivity contribution is 0.558. The molecule has 0 spiro atoms. The average molecular weight is 559 g/mol. The third-order valence-electron chi connectivity index (χ3n) is 7.73. The van der Waals surface area contributed by atoms with Crippen molar-refractivity contribution in [3.05, 3.63) is 92.6 Å². The Kier molecular flexibility index (Phi) is 7.82. The van der Waals surface area contributed by atoms with Gasteiger partial charge in [-0.2, -0.15) is 10.5 Å². The van der Waals surface area contributed by atoms with Gasteiger partial charge in [0.15, 0.2) is 0 Å². The number of nitriles is 2. The van der Waals surface area contributed by atoms with Crippen molar-refractivity contribution in [1.82, 2.24) is 0 Å². The highest BCUT2D eigenvalue weighted by Crippen LogP contribution is 2.36. The van der Waals surface area contributed by atoms with E-state index in [2.05, 4.69) is 37.5 Å². The summed E-state index contributed by atoms with van der Waals surface area (Å²) in [6, 6.07) is 22.5. The summed E-state index contributed by atoms with van der Waals surface area (Å²) in [7, 11) is 0. The van der Waals surface area contributed by atoms with Gasteiger partial charge in [-0.1, -0.05) is 24.3 Å². The van der Waals surface area contributed by atoms with Crippen molar-refractivity contribution in [2.75, 3.05) is 36.0 Å². The SMILES string of the molecule is CCN(CC)c1ccc2c(-c3ccc(-c4c(C#N)c(=O)oc5cc(N(CC)CC)ccc45)cc3)c(C#N)c(=O)oc2c1. The summed E-state index contributed by atoms with van der Waals surface area (Å²) in [5.74, 6) is 0. The smallest absolute Gasteiger partial charge is 0.354 e. The molecule has 0 unspecified atom stereocenters. The van der Waals surface area contributed by atoms with Crippen LogP contribution in [0.4, 0.5) is 11.4 Å². The fraction of sp³-hybridized carbons (Fsp3) is 0.235.